The van der Waals surface area contributed by atoms with E-state index in [9.17, 15) is 22.8 Å². The standard InChI is InChI=1S/C22H17F3N2O3/c23-22(24,25)17-7-1-14(2-8-17)13-27-21(29)16-5-11-19(12-6-16)30-18-9-3-15(4-10-18)20(26)28/h1-12H,13H2,(H2,26,28)(H,27,29). The van der Waals surface area contributed by atoms with E-state index in [0.29, 0.717) is 28.2 Å². The van der Waals surface area contributed by atoms with Gasteiger partial charge in [-0.05, 0) is 66.2 Å². The van der Waals surface area contributed by atoms with Crippen molar-refractivity contribution in [3.63, 3.8) is 0 Å². The Hall–Kier alpha value is -3.81. The molecular formula is C22H17F3N2O3. The molecule has 2 amide bonds. The number of nitrogens with one attached hydrogen (secondary N) is 1. The summed E-state index contributed by atoms with van der Waals surface area (Å²) in [6.45, 7) is 0.0986. The number of primary amides is 1. The molecule has 0 fully saturated rings. The van der Waals surface area contributed by atoms with Crippen LogP contribution in [0.5, 0.6) is 11.5 Å². The summed E-state index contributed by atoms with van der Waals surface area (Å²) in [6.07, 6.45) is -4.39. The minimum Gasteiger partial charge on any atom is -0.457 e. The summed E-state index contributed by atoms with van der Waals surface area (Å²) in [5.41, 5.74) is 5.73. The molecule has 8 heteroatoms. The summed E-state index contributed by atoms with van der Waals surface area (Å²) in [5, 5.41) is 2.65. The summed E-state index contributed by atoms with van der Waals surface area (Å²) < 4.78 is 43.4. The lowest BCUT2D eigenvalue weighted by molar-refractivity contribution is -0.137. The summed E-state index contributed by atoms with van der Waals surface area (Å²) in [7, 11) is 0. The zero-order valence-corrected chi connectivity index (χ0v) is 15.6. The van der Waals surface area contributed by atoms with Crippen LogP contribution in [-0.2, 0) is 12.7 Å². The Labute approximate surface area is 170 Å². The molecule has 3 aromatic carbocycles. The van der Waals surface area contributed by atoms with E-state index in [1.807, 2.05) is 0 Å². The van der Waals surface area contributed by atoms with Crippen molar-refractivity contribution in [3.05, 3.63) is 95.1 Å². The third-order valence-electron chi connectivity index (χ3n) is 4.23. The van der Waals surface area contributed by atoms with Crippen molar-refractivity contribution < 1.29 is 27.5 Å². The first-order valence-corrected chi connectivity index (χ1v) is 8.84. The normalized spacial score (nSPS) is 11.0. The van der Waals surface area contributed by atoms with Gasteiger partial charge in [0.15, 0.2) is 0 Å². The minimum absolute atomic E-state index is 0.0986. The van der Waals surface area contributed by atoms with Crippen molar-refractivity contribution in [1.82, 2.24) is 5.32 Å². The van der Waals surface area contributed by atoms with Gasteiger partial charge in [-0.15, -0.1) is 0 Å². The van der Waals surface area contributed by atoms with E-state index in [1.165, 1.54) is 12.1 Å². The molecule has 0 aliphatic rings. The van der Waals surface area contributed by atoms with Crippen molar-refractivity contribution in [2.24, 2.45) is 5.73 Å². The third kappa shape index (κ3) is 5.38. The average Bonchev–Trinajstić information content (AvgIpc) is 2.72. The largest absolute Gasteiger partial charge is 0.457 e. The quantitative estimate of drug-likeness (QED) is 0.622. The highest BCUT2D eigenvalue weighted by Crippen LogP contribution is 2.29. The van der Waals surface area contributed by atoms with Crippen LogP contribution in [0, 0.1) is 0 Å². The fourth-order valence-corrected chi connectivity index (χ4v) is 2.59. The maximum atomic E-state index is 12.6. The lowest BCUT2D eigenvalue weighted by Crippen LogP contribution is -2.22. The molecule has 30 heavy (non-hydrogen) atoms. The van der Waals surface area contributed by atoms with E-state index in [1.54, 1.807) is 48.5 Å². The summed E-state index contributed by atoms with van der Waals surface area (Å²) in [5.74, 6) is 0.0843. The molecule has 0 radical (unpaired) electrons. The number of nitrogens with two attached hydrogens (primary N) is 1. The number of alkyl halides is 3. The molecule has 3 N–H and O–H groups in total. The molecule has 0 atom stereocenters. The molecule has 0 bridgehead atoms. The minimum atomic E-state index is -4.39. The Morgan fingerprint density at radius 3 is 1.77 bits per heavy atom. The number of amides is 2. The smallest absolute Gasteiger partial charge is 0.416 e. The Bertz CT molecular complexity index is 1030. The van der Waals surface area contributed by atoms with Crippen molar-refractivity contribution in [1.29, 1.82) is 0 Å². The van der Waals surface area contributed by atoms with Crippen LogP contribution >= 0.6 is 0 Å². The van der Waals surface area contributed by atoms with Gasteiger partial charge in [0, 0.05) is 17.7 Å². The van der Waals surface area contributed by atoms with Crippen LogP contribution in [0.3, 0.4) is 0 Å². The first kappa shape index (κ1) is 20.9. The molecule has 0 unspecified atom stereocenters. The number of halogens is 3. The van der Waals surface area contributed by atoms with Crippen LogP contribution in [0.4, 0.5) is 13.2 Å². The number of hydrogen-bond acceptors (Lipinski definition) is 3. The van der Waals surface area contributed by atoms with E-state index in [0.717, 1.165) is 12.1 Å². The molecule has 0 saturated heterocycles. The summed E-state index contributed by atoms with van der Waals surface area (Å²) in [4.78, 5) is 23.3. The van der Waals surface area contributed by atoms with E-state index in [-0.39, 0.29) is 12.5 Å². The molecular weight excluding hydrogens is 397 g/mol. The second kappa shape index (κ2) is 8.69. The van der Waals surface area contributed by atoms with E-state index in [2.05, 4.69) is 5.32 Å². The van der Waals surface area contributed by atoms with Gasteiger partial charge in [0.1, 0.15) is 11.5 Å². The molecule has 154 valence electrons. The summed E-state index contributed by atoms with van der Waals surface area (Å²) >= 11 is 0. The zero-order valence-electron chi connectivity index (χ0n) is 15.6. The second-order valence-electron chi connectivity index (χ2n) is 6.39. The molecule has 0 heterocycles. The van der Waals surface area contributed by atoms with Gasteiger partial charge in [-0.3, -0.25) is 9.59 Å². The van der Waals surface area contributed by atoms with Crippen molar-refractivity contribution in [2.75, 3.05) is 0 Å². The van der Waals surface area contributed by atoms with Gasteiger partial charge in [0.25, 0.3) is 5.91 Å². The number of rotatable bonds is 6. The Balaban J connectivity index is 1.56. The van der Waals surface area contributed by atoms with Crippen molar-refractivity contribution in [2.45, 2.75) is 12.7 Å². The Kier molecular flexibility index (Phi) is 6.06. The molecule has 0 spiro atoms. The number of hydrogen-bond donors (Lipinski definition) is 2. The topological polar surface area (TPSA) is 81.4 Å². The monoisotopic (exact) mass is 414 g/mol. The zero-order chi connectivity index (χ0) is 21.7. The highest BCUT2D eigenvalue weighted by atomic mass is 19.4. The van der Waals surface area contributed by atoms with Gasteiger partial charge < -0.3 is 15.8 Å². The SMILES string of the molecule is NC(=O)c1ccc(Oc2ccc(C(=O)NCc3ccc(C(F)(F)F)cc3)cc2)cc1. The van der Waals surface area contributed by atoms with Gasteiger partial charge in [0.05, 0.1) is 5.56 Å². The number of ether oxygens (including phenoxy) is 1. The van der Waals surface area contributed by atoms with Crippen molar-refractivity contribution in [3.8, 4) is 11.5 Å². The van der Waals surface area contributed by atoms with Gasteiger partial charge in [-0.25, -0.2) is 0 Å². The van der Waals surface area contributed by atoms with E-state index < -0.39 is 17.6 Å². The van der Waals surface area contributed by atoms with E-state index >= 15 is 0 Å². The fourth-order valence-electron chi connectivity index (χ4n) is 2.59. The van der Waals surface area contributed by atoms with Crippen molar-refractivity contribution >= 4 is 11.8 Å². The molecule has 3 aromatic rings. The predicted octanol–water partition coefficient (Wildman–Crippen LogP) is 4.53. The highest BCUT2D eigenvalue weighted by molar-refractivity contribution is 5.94. The molecule has 0 aliphatic heterocycles. The molecule has 0 aromatic heterocycles. The Morgan fingerprint density at radius 1 is 0.800 bits per heavy atom. The highest BCUT2D eigenvalue weighted by Gasteiger charge is 2.29. The fraction of sp³-hybridized carbons (Fsp3) is 0.0909. The number of carbonyl (C=O) groups excluding carboxylic acids is 2. The van der Waals surface area contributed by atoms with Gasteiger partial charge in [-0.2, -0.15) is 13.2 Å². The molecule has 0 saturated carbocycles. The van der Waals surface area contributed by atoms with Crippen LogP contribution in [-0.4, -0.2) is 11.8 Å². The maximum Gasteiger partial charge on any atom is 0.416 e. The first-order chi connectivity index (χ1) is 14.2. The summed E-state index contributed by atoms with van der Waals surface area (Å²) in [6, 6.07) is 17.2. The van der Waals surface area contributed by atoms with Gasteiger partial charge >= 0.3 is 6.18 Å². The number of carbonyl (C=O) groups is 2. The second-order valence-corrected chi connectivity index (χ2v) is 6.39. The van der Waals surface area contributed by atoms with Crippen LogP contribution in [0.25, 0.3) is 0 Å². The third-order valence-corrected chi connectivity index (χ3v) is 4.23. The maximum absolute atomic E-state index is 12.6. The molecule has 3 rings (SSSR count). The number of benzene rings is 3. The lowest BCUT2D eigenvalue weighted by Gasteiger charge is -2.09. The average molecular weight is 414 g/mol. The lowest BCUT2D eigenvalue weighted by atomic mass is 10.1. The Morgan fingerprint density at radius 2 is 1.30 bits per heavy atom. The molecule has 5 nitrogen and oxygen atoms in total. The predicted molar refractivity (Wildman–Crippen MR) is 104 cm³/mol. The van der Waals surface area contributed by atoms with Crippen LogP contribution in [0.15, 0.2) is 72.8 Å². The van der Waals surface area contributed by atoms with Gasteiger partial charge in [0.2, 0.25) is 5.91 Å². The first-order valence-electron chi connectivity index (χ1n) is 8.84. The van der Waals surface area contributed by atoms with Crippen LogP contribution < -0.4 is 15.8 Å². The van der Waals surface area contributed by atoms with E-state index in [4.69, 9.17) is 10.5 Å². The molecule has 0 aliphatic carbocycles. The van der Waals surface area contributed by atoms with Gasteiger partial charge in [-0.1, -0.05) is 12.1 Å². The van der Waals surface area contributed by atoms with Crippen LogP contribution in [0.1, 0.15) is 31.8 Å². The van der Waals surface area contributed by atoms with Crippen LogP contribution in [0.2, 0.25) is 0 Å².